The third kappa shape index (κ3) is 20.6. The molecule has 26 heteroatoms. The van der Waals surface area contributed by atoms with E-state index in [9.17, 15) is 48.3 Å². The second-order valence-corrected chi connectivity index (χ2v) is 18.2. The molecule has 0 aliphatic carbocycles. The Morgan fingerprint density at radius 3 is 1.93 bits per heavy atom. The quantitative estimate of drug-likeness (QED) is 0.0333. The fourth-order valence-electron chi connectivity index (χ4n) is 8.28. The number of nitrogens with two attached hydrogens (primary N) is 3. The molecule has 20 N–H and O–H groups in total. The van der Waals surface area contributed by atoms with Gasteiger partial charge in [-0.2, -0.15) is 0 Å². The summed E-state index contributed by atoms with van der Waals surface area (Å²) < 4.78 is 0. The van der Waals surface area contributed by atoms with Crippen molar-refractivity contribution in [2.75, 3.05) is 26.2 Å². The van der Waals surface area contributed by atoms with Crippen molar-refractivity contribution in [3.05, 3.63) is 71.9 Å². The number of hydrogen-bond donors (Lipinski definition) is 17. The number of nitrogens with one attached hydrogen (secondary N) is 13. The van der Waals surface area contributed by atoms with E-state index in [-0.39, 0.29) is 109 Å². The summed E-state index contributed by atoms with van der Waals surface area (Å²) in [5.74, 6) is -8.50. The van der Waals surface area contributed by atoms with Crippen molar-refractivity contribution in [3.8, 4) is 0 Å². The van der Waals surface area contributed by atoms with Gasteiger partial charge in [-0.25, -0.2) is 4.79 Å². The molecule has 7 atom stereocenters. The first kappa shape index (κ1) is 59.3. The highest BCUT2D eigenvalue weighted by Crippen LogP contribution is 2.20. The number of aromatic amines is 1. The van der Waals surface area contributed by atoms with Crippen LogP contribution in [-0.4, -0.2) is 144 Å². The molecule has 1 aromatic heterocycles. The van der Waals surface area contributed by atoms with Crippen molar-refractivity contribution in [3.63, 3.8) is 0 Å². The number of para-hydroxylation sites is 1. The van der Waals surface area contributed by atoms with Crippen LogP contribution >= 0.6 is 0 Å². The number of H-pyrrole nitrogens is 1. The van der Waals surface area contributed by atoms with E-state index in [0.29, 0.717) is 11.1 Å². The monoisotopic (exact) mass is 1040 g/mol. The number of amides is 8. The zero-order valence-corrected chi connectivity index (χ0v) is 42.0. The molecule has 0 unspecified atom stereocenters. The molecule has 3 aromatic rings. The minimum absolute atomic E-state index is 0.0208. The maximum Gasteiger partial charge on any atom is 0.326 e. The van der Waals surface area contributed by atoms with Crippen LogP contribution < -0.4 is 70.4 Å². The Bertz CT molecular complexity index is 2470. The van der Waals surface area contributed by atoms with Crippen LogP contribution in [0.15, 0.2) is 60.8 Å². The lowest BCUT2D eigenvalue weighted by molar-refractivity contribution is -0.142. The highest BCUT2D eigenvalue weighted by atomic mass is 16.4. The van der Waals surface area contributed by atoms with E-state index < -0.39 is 102 Å². The van der Waals surface area contributed by atoms with Gasteiger partial charge in [0, 0.05) is 56.5 Å². The molecule has 26 nitrogen and oxygen atoms in total. The predicted molar refractivity (Wildman–Crippen MR) is 277 cm³/mol. The molecule has 75 heavy (non-hydrogen) atoms. The van der Waals surface area contributed by atoms with Crippen LogP contribution in [0.5, 0.6) is 0 Å². The van der Waals surface area contributed by atoms with Crippen LogP contribution in [-0.2, 0) is 56.0 Å². The molecule has 408 valence electrons. The second kappa shape index (κ2) is 30.7. The first-order chi connectivity index (χ1) is 35.8. The Morgan fingerprint density at radius 2 is 1.29 bits per heavy atom. The van der Waals surface area contributed by atoms with Gasteiger partial charge in [0.2, 0.25) is 47.3 Å². The summed E-state index contributed by atoms with van der Waals surface area (Å²) >= 11 is 0. The summed E-state index contributed by atoms with van der Waals surface area (Å²) in [4.78, 5) is 127. The molecule has 4 rings (SSSR count). The Labute approximate surface area is 433 Å². The van der Waals surface area contributed by atoms with Crippen molar-refractivity contribution in [1.29, 1.82) is 10.8 Å². The molecule has 0 bridgehead atoms. The lowest BCUT2D eigenvalue weighted by Gasteiger charge is -2.28. The van der Waals surface area contributed by atoms with Gasteiger partial charge in [0.25, 0.3) is 0 Å². The summed E-state index contributed by atoms with van der Waals surface area (Å²) in [5.41, 5.74) is 18.7. The smallest absolute Gasteiger partial charge is 0.326 e. The number of benzene rings is 2. The van der Waals surface area contributed by atoms with Crippen LogP contribution in [0.1, 0.15) is 82.3 Å². The van der Waals surface area contributed by atoms with Gasteiger partial charge in [-0.1, -0.05) is 48.5 Å². The number of hydrogen-bond acceptors (Lipinski definition) is 12. The predicted octanol–water partition coefficient (Wildman–Crippen LogP) is -2.59. The number of carboxylic acid groups (broad SMARTS) is 1. The van der Waals surface area contributed by atoms with Gasteiger partial charge in [0.1, 0.15) is 42.3 Å². The first-order valence-electron chi connectivity index (χ1n) is 24.9. The van der Waals surface area contributed by atoms with Crippen LogP contribution in [0.2, 0.25) is 0 Å². The third-order valence-electron chi connectivity index (χ3n) is 12.2. The average molecular weight is 1050 g/mol. The van der Waals surface area contributed by atoms with Gasteiger partial charge in [0.15, 0.2) is 11.9 Å². The Morgan fingerprint density at radius 1 is 0.720 bits per heavy atom. The lowest BCUT2D eigenvalue weighted by Crippen LogP contribution is -2.60. The molecule has 2 heterocycles. The fourth-order valence-corrected chi connectivity index (χ4v) is 8.28. The Hall–Kier alpha value is -8.29. The topological polar surface area (TPSA) is 436 Å². The minimum Gasteiger partial charge on any atom is -0.480 e. The van der Waals surface area contributed by atoms with Crippen LogP contribution in [0.4, 0.5) is 0 Å². The summed E-state index contributed by atoms with van der Waals surface area (Å²) in [7, 11) is 0. The third-order valence-corrected chi connectivity index (χ3v) is 12.2. The number of carbonyl (C=O) groups is 9. The molecule has 1 aliphatic heterocycles. The van der Waals surface area contributed by atoms with Crippen LogP contribution in [0, 0.1) is 10.8 Å². The molecule has 0 saturated carbocycles. The summed E-state index contributed by atoms with van der Waals surface area (Å²) in [6.45, 7) is 1.52. The number of fused-ring (bicyclic) bond motifs is 1. The van der Waals surface area contributed by atoms with E-state index in [0.717, 1.165) is 10.9 Å². The second-order valence-electron chi connectivity index (χ2n) is 18.2. The Kier molecular flexibility index (Phi) is 24.2. The van der Waals surface area contributed by atoms with Crippen molar-refractivity contribution in [2.24, 2.45) is 17.2 Å². The van der Waals surface area contributed by atoms with Crippen LogP contribution in [0.3, 0.4) is 0 Å². The SMILES string of the molecule is CC(=O)N[C@@H](CCCNC(=N)N)C(=O)N[C@H]1CC(=O)NCCCC[C@@H](C(=O)O)NC(=O)[C@H](Cc2c[nH]c3ccccc23)NC(=O)[C@H](CCCNC(=N)N)NC(=O)[C@@H](Cc2ccccc2)NC(=O)[C@H](CCCN)NC1=O. The maximum absolute atomic E-state index is 14.6. The molecule has 1 aliphatic rings. The minimum atomic E-state index is -1.64. The summed E-state index contributed by atoms with van der Waals surface area (Å²) in [6.07, 6.45) is 1.54. The van der Waals surface area contributed by atoms with Crippen molar-refractivity contribution < 1.29 is 48.3 Å². The molecule has 1 saturated heterocycles. The number of aromatic nitrogens is 1. The normalized spacial score (nSPS) is 21.1. The molecule has 0 spiro atoms. The number of carbonyl (C=O) groups excluding carboxylic acids is 8. The van der Waals surface area contributed by atoms with Crippen molar-refractivity contribution >= 4 is 76.0 Å². The molecular weight excluding hydrogens is 973 g/mol. The van der Waals surface area contributed by atoms with Gasteiger partial charge in [-0.05, 0) is 81.5 Å². The maximum atomic E-state index is 14.6. The van der Waals surface area contributed by atoms with Crippen molar-refractivity contribution in [1.82, 2.24) is 58.2 Å². The fraction of sp³-hybridized carbons (Fsp3) is 0.490. The summed E-state index contributed by atoms with van der Waals surface area (Å²) in [6, 6.07) is 5.97. The molecular formula is C49H72N16O10. The highest BCUT2D eigenvalue weighted by molar-refractivity contribution is 5.99. The van der Waals surface area contributed by atoms with E-state index in [1.807, 2.05) is 18.2 Å². The van der Waals surface area contributed by atoms with Gasteiger partial charge < -0.3 is 80.5 Å². The zero-order chi connectivity index (χ0) is 54.9. The van der Waals surface area contributed by atoms with E-state index in [1.165, 1.54) is 6.92 Å². The molecule has 0 radical (unpaired) electrons. The van der Waals surface area contributed by atoms with E-state index in [2.05, 4.69) is 58.2 Å². The van der Waals surface area contributed by atoms with Crippen molar-refractivity contribution in [2.45, 2.75) is 126 Å². The van der Waals surface area contributed by atoms with E-state index in [4.69, 9.17) is 28.0 Å². The average Bonchev–Trinajstić information content (AvgIpc) is 3.77. The molecule has 2 aromatic carbocycles. The molecule has 8 amide bonds. The standard InChI is InChI=1S/C49H72N16O10/c1-28(66)59-33(18-10-22-56-48(51)52)41(68)65-39-26-40(67)55-21-8-7-16-36(47(74)75)62-45(72)38(25-30-27-58-32-15-6-5-14-31(30)32)64-43(70)35(19-11-23-57-49(53)54)61-44(71)37(24-29-12-3-2-4-13-29)63-42(69)34(17-9-20-50)60-46(39)73/h2-6,12-15,27,33-39,58H,7-11,16-26,50H2,1H3,(H,55,67)(H,59,66)(H,60,73)(H,61,71)(H,62,72)(H,63,69)(H,64,70)(H,65,68)(H,74,75)(H4,51,52,56)(H4,53,54,57)/t33-,34-,35-,36-,37+,38-,39-/m0/s1. The van der Waals surface area contributed by atoms with Gasteiger partial charge in [-0.3, -0.25) is 49.2 Å². The number of guanidine groups is 2. The van der Waals surface area contributed by atoms with Gasteiger partial charge in [0.05, 0.1) is 6.42 Å². The van der Waals surface area contributed by atoms with E-state index >= 15 is 0 Å². The zero-order valence-electron chi connectivity index (χ0n) is 42.0. The Balaban J connectivity index is 1.76. The number of aliphatic carboxylic acids is 1. The van der Waals surface area contributed by atoms with Gasteiger partial charge in [-0.15, -0.1) is 0 Å². The number of rotatable bonds is 19. The summed E-state index contributed by atoms with van der Waals surface area (Å²) in [5, 5.41) is 52.3. The first-order valence-corrected chi connectivity index (χ1v) is 24.9. The molecule has 1 fully saturated rings. The number of carboxylic acids is 1. The van der Waals surface area contributed by atoms with Gasteiger partial charge >= 0.3 is 5.97 Å². The van der Waals surface area contributed by atoms with E-state index in [1.54, 1.807) is 42.6 Å². The van der Waals surface area contributed by atoms with Crippen LogP contribution in [0.25, 0.3) is 10.9 Å². The largest absolute Gasteiger partial charge is 0.480 e. The lowest BCUT2D eigenvalue weighted by atomic mass is 10.0. The highest BCUT2D eigenvalue weighted by Gasteiger charge is 2.35.